The van der Waals surface area contributed by atoms with E-state index >= 15 is 0 Å². The predicted octanol–water partition coefficient (Wildman–Crippen LogP) is 3.53. The monoisotopic (exact) mass is 469 g/mol. The van der Waals surface area contributed by atoms with E-state index in [4.69, 9.17) is 9.47 Å². The first kappa shape index (κ1) is 24.0. The molecule has 2 aromatic carbocycles. The van der Waals surface area contributed by atoms with Crippen molar-refractivity contribution in [3.63, 3.8) is 0 Å². The fourth-order valence-electron chi connectivity index (χ4n) is 4.91. The number of hydrogen-bond donors (Lipinski definition) is 0. The minimum absolute atomic E-state index is 0.0893. The van der Waals surface area contributed by atoms with Gasteiger partial charge >= 0.3 is 0 Å². The predicted molar refractivity (Wildman–Crippen MR) is 128 cm³/mol. The standard InChI is InChI=1S/C26H32FN3O4/c1-18(31)19-6-9-24(22(27)15-19)28-11-13-29(14-12-28)26(32)17-30-10-4-5-23(30)21-8-7-20(33-2)16-25(21)34-3/h6-9,15-16,23H,4-5,10-14,17H2,1-3H3/t23-/m0/s1. The number of benzene rings is 2. The number of rotatable bonds is 7. The van der Waals surface area contributed by atoms with E-state index in [1.54, 1.807) is 26.4 Å². The fourth-order valence-corrected chi connectivity index (χ4v) is 4.91. The molecule has 0 N–H and O–H groups in total. The van der Waals surface area contributed by atoms with Crippen LogP contribution in [0.1, 0.15) is 41.7 Å². The number of Topliss-reactive ketones (excluding diaryl/α,β-unsaturated/α-hetero) is 1. The van der Waals surface area contributed by atoms with Crippen LogP contribution in [0.25, 0.3) is 0 Å². The number of carbonyl (C=O) groups excluding carboxylic acids is 2. The van der Waals surface area contributed by atoms with Crippen LogP contribution in [0.15, 0.2) is 36.4 Å². The zero-order chi connectivity index (χ0) is 24.2. The molecule has 0 unspecified atom stereocenters. The number of amides is 1. The third-order valence-corrected chi connectivity index (χ3v) is 6.83. The van der Waals surface area contributed by atoms with Crippen LogP contribution in [0.3, 0.4) is 0 Å². The van der Waals surface area contributed by atoms with Gasteiger partial charge in [-0.05, 0) is 50.6 Å². The van der Waals surface area contributed by atoms with Crippen molar-refractivity contribution in [3.8, 4) is 11.5 Å². The molecular weight excluding hydrogens is 437 g/mol. The Morgan fingerprint density at radius 1 is 1.00 bits per heavy atom. The van der Waals surface area contributed by atoms with Crippen LogP contribution in [0, 0.1) is 5.82 Å². The molecule has 0 aliphatic carbocycles. The molecule has 2 fully saturated rings. The summed E-state index contributed by atoms with van der Waals surface area (Å²) in [6, 6.07) is 10.6. The van der Waals surface area contributed by atoms with Gasteiger partial charge in [0.15, 0.2) is 5.78 Å². The number of piperazine rings is 1. The number of ketones is 1. The van der Waals surface area contributed by atoms with Crippen LogP contribution >= 0.6 is 0 Å². The van der Waals surface area contributed by atoms with Crippen LogP contribution in [-0.4, -0.2) is 75.0 Å². The maximum atomic E-state index is 14.5. The molecule has 182 valence electrons. The topological polar surface area (TPSA) is 62.3 Å². The van der Waals surface area contributed by atoms with Crippen LogP contribution < -0.4 is 14.4 Å². The Labute approximate surface area is 200 Å². The van der Waals surface area contributed by atoms with Gasteiger partial charge in [-0.2, -0.15) is 0 Å². The van der Waals surface area contributed by atoms with Crippen molar-refractivity contribution in [1.82, 2.24) is 9.80 Å². The summed E-state index contributed by atoms with van der Waals surface area (Å²) in [6.45, 7) is 4.82. The summed E-state index contributed by atoms with van der Waals surface area (Å²) in [5.74, 6) is 1.04. The van der Waals surface area contributed by atoms with Crippen molar-refractivity contribution in [2.45, 2.75) is 25.8 Å². The lowest BCUT2D eigenvalue weighted by molar-refractivity contribution is -0.133. The number of methoxy groups -OCH3 is 2. The van der Waals surface area contributed by atoms with Gasteiger partial charge in [0, 0.05) is 49.4 Å². The summed E-state index contributed by atoms with van der Waals surface area (Å²) in [6.07, 6.45) is 2.00. The number of nitrogens with zero attached hydrogens (tertiary/aromatic N) is 3. The van der Waals surface area contributed by atoms with Gasteiger partial charge in [-0.3, -0.25) is 14.5 Å². The van der Waals surface area contributed by atoms with Crippen molar-refractivity contribution < 1.29 is 23.5 Å². The molecule has 34 heavy (non-hydrogen) atoms. The van der Waals surface area contributed by atoms with Gasteiger partial charge in [-0.1, -0.05) is 6.07 Å². The van der Waals surface area contributed by atoms with Crippen LogP contribution in [0.2, 0.25) is 0 Å². The molecule has 2 heterocycles. The lowest BCUT2D eigenvalue weighted by Crippen LogP contribution is -2.51. The van der Waals surface area contributed by atoms with Gasteiger partial charge in [-0.15, -0.1) is 0 Å². The van der Waals surface area contributed by atoms with E-state index in [0.29, 0.717) is 44.0 Å². The Morgan fingerprint density at radius 3 is 2.41 bits per heavy atom. The number of carbonyl (C=O) groups is 2. The molecule has 0 spiro atoms. The second-order valence-corrected chi connectivity index (χ2v) is 8.83. The Hall–Kier alpha value is -3.13. The molecule has 1 atom stereocenters. The molecule has 2 aliphatic rings. The highest BCUT2D eigenvalue weighted by Gasteiger charge is 2.32. The molecule has 0 radical (unpaired) electrons. The minimum Gasteiger partial charge on any atom is -0.497 e. The first-order valence-corrected chi connectivity index (χ1v) is 11.7. The van der Waals surface area contributed by atoms with E-state index in [9.17, 15) is 14.0 Å². The molecule has 1 amide bonds. The number of likely N-dealkylation sites (tertiary alicyclic amines) is 1. The van der Waals surface area contributed by atoms with Crippen molar-refractivity contribution in [2.24, 2.45) is 0 Å². The molecule has 2 saturated heterocycles. The first-order chi connectivity index (χ1) is 16.4. The van der Waals surface area contributed by atoms with E-state index in [1.807, 2.05) is 28.0 Å². The van der Waals surface area contributed by atoms with Gasteiger partial charge in [0.05, 0.1) is 26.5 Å². The van der Waals surface area contributed by atoms with Gasteiger partial charge < -0.3 is 19.3 Å². The number of hydrogen-bond acceptors (Lipinski definition) is 6. The fraction of sp³-hybridized carbons (Fsp3) is 0.462. The van der Waals surface area contributed by atoms with Crippen molar-refractivity contribution in [3.05, 3.63) is 53.3 Å². The van der Waals surface area contributed by atoms with Crippen molar-refractivity contribution in [2.75, 3.05) is 58.4 Å². The summed E-state index contributed by atoms with van der Waals surface area (Å²) in [7, 11) is 3.28. The van der Waals surface area contributed by atoms with E-state index in [0.717, 1.165) is 36.4 Å². The van der Waals surface area contributed by atoms with Gasteiger partial charge in [-0.25, -0.2) is 4.39 Å². The van der Waals surface area contributed by atoms with Gasteiger partial charge in [0.25, 0.3) is 0 Å². The van der Waals surface area contributed by atoms with E-state index in [1.165, 1.54) is 13.0 Å². The zero-order valence-corrected chi connectivity index (χ0v) is 20.1. The Morgan fingerprint density at radius 2 is 1.76 bits per heavy atom. The molecular formula is C26H32FN3O4. The Kier molecular flexibility index (Phi) is 7.36. The molecule has 2 aliphatic heterocycles. The maximum absolute atomic E-state index is 14.5. The highest BCUT2D eigenvalue weighted by atomic mass is 19.1. The van der Waals surface area contributed by atoms with Crippen molar-refractivity contribution >= 4 is 17.4 Å². The normalized spacial score (nSPS) is 18.8. The smallest absolute Gasteiger partial charge is 0.236 e. The highest BCUT2D eigenvalue weighted by Crippen LogP contribution is 2.38. The molecule has 0 bridgehead atoms. The SMILES string of the molecule is COc1ccc([C@@H]2CCCN2CC(=O)N2CCN(c3ccc(C(C)=O)cc3F)CC2)c(OC)c1. The minimum atomic E-state index is -0.402. The molecule has 4 rings (SSSR count). The second kappa shape index (κ2) is 10.4. The van der Waals surface area contributed by atoms with Crippen LogP contribution in [0.4, 0.5) is 10.1 Å². The average Bonchev–Trinajstić information content (AvgIpc) is 3.31. The van der Waals surface area contributed by atoms with Crippen LogP contribution in [-0.2, 0) is 4.79 Å². The van der Waals surface area contributed by atoms with Crippen molar-refractivity contribution in [1.29, 1.82) is 0 Å². The van der Waals surface area contributed by atoms with Gasteiger partial charge in [0.2, 0.25) is 5.91 Å². The maximum Gasteiger partial charge on any atom is 0.236 e. The summed E-state index contributed by atoms with van der Waals surface area (Å²) in [5.41, 5.74) is 1.91. The lowest BCUT2D eigenvalue weighted by Gasteiger charge is -2.37. The second-order valence-electron chi connectivity index (χ2n) is 8.83. The average molecular weight is 470 g/mol. The number of anilines is 1. The van der Waals surface area contributed by atoms with E-state index in [-0.39, 0.29) is 17.7 Å². The summed E-state index contributed by atoms with van der Waals surface area (Å²) in [5, 5.41) is 0. The molecule has 0 saturated carbocycles. The number of ether oxygens (including phenoxy) is 2. The zero-order valence-electron chi connectivity index (χ0n) is 20.1. The molecule has 2 aromatic rings. The largest absolute Gasteiger partial charge is 0.497 e. The summed E-state index contributed by atoms with van der Waals surface area (Å²) < 4.78 is 25.4. The molecule has 7 nitrogen and oxygen atoms in total. The van der Waals surface area contributed by atoms with E-state index < -0.39 is 5.82 Å². The lowest BCUT2D eigenvalue weighted by atomic mass is 10.0. The summed E-state index contributed by atoms with van der Waals surface area (Å²) in [4.78, 5) is 30.6. The van der Waals surface area contributed by atoms with Gasteiger partial charge in [0.1, 0.15) is 17.3 Å². The molecule has 8 heteroatoms. The third kappa shape index (κ3) is 5.01. The van der Waals surface area contributed by atoms with E-state index in [2.05, 4.69) is 4.90 Å². The first-order valence-electron chi connectivity index (χ1n) is 11.7. The third-order valence-electron chi connectivity index (χ3n) is 6.83. The number of halogens is 1. The summed E-state index contributed by atoms with van der Waals surface area (Å²) >= 11 is 0. The van der Waals surface area contributed by atoms with Crippen LogP contribution in [0.5, 0.6) is 11.5 Å². The highest BCUT2D eigenvalue weighted by molar-refractivity contribution is 5.94. The molecule has 0 aromatic heterocycles. The Bertz CT molecular complexity index is 1050. The quantitative estimate of drug-likeness (QED) is 0.578. The Balaban J connectivity index is 1.37.